The standard InChI is InChI=1S/C8H11N3/c1-3-4-7-6(2)5-10-8(9)11-7/h3,5H,1,4H2,2H3,(H2,9,10,11). The molecule has 0 spiro atoms. The van der Waals surface area contributed by atoms with Crippen LogP contribution in [0.2, 0.25) is 0 Å². The first-order chi connectivity index (χ1) is 5.24. The summed E-state index contributed by atoms with van der Waals surface area (Å²) in [5, 5.41) is 0. The van der Waals surface area contributed by atoms with Crippen LogP contribution < -0.4 is 5.73 Å². The van der Waals surface area contributed by atoms with E-state index in [0.717, 1.165) is 17.7 Å². The third-order valence-electron chi connectivity index (χ3n) is 1.43. The molecule has 58 valence electrons. The van der Waals surface area contributed by atoms with E-state index < -0.39 is 0 Å². The van der Waals surface area contributed by atoms with Crippen LogP contribution in [0.25, 0.3) is 0 Å². The molecule has 3 heteroatoms. The molecule has 1 aromatic rings. The van der Waals surface area contributed by atoms with Crippen LogP contribution in [0.5, 0.6) is 0 Å². The van der Waals surface area contributed by atoms with Crippen LogP contribution >= 0.6 is 0 Å². The van der Waals surface area contributed by atoms with Crippen molar-refractivity contribution in [2.24, 2.45) is 0 Å². The van der Waals surface area contributed by atoms with Crippen molar-refractivity contribution < 1.29 is 0 Å². The Balaban J connectivity index is 3.01. The molecule has 1 aromatic heterocycles. The molecule has 0 amide bonds. The number of nitrogens with zero attached hydrogens (tertiary/aromatic N) is 2. The molecule has 1 heterocycles. The van der Waals surface area contributed by atoms with Gasteiger partial charge in [0.15, 0.2) is 0 Å². The minimum absolute atomic E-state index is 0.326. The van der Waals surface area contributed by atoms with Crippen molar-refractivity contribution in [2.45, 2.75) is 13.3 Å². The number of hydrogen-bond donors (Lipinski definition) is 1. The van der Waals surface area contributed by atoms with E-state index in [1.807, 2.05) is 6.92 Å². The summed E-state index contributed by atoms with van der Waals surface area (Å²) < 4.78 is 0. The molecule has 0 unspecified atom stereocenters. The average Bonchev–Trinajstić information content (AvgIpc) is 1.98. The van der Waals surface area contributed by atoms with E-state index in [1.165, 1.54) is 0 Å². The SMILES string of the molecule is C=CCc1nc(N)ncc1C. The van der Waals surface area contributed by atoms with Crippen LogP contribution in [0.15, 0.2) is 18.9 Å². The van der Waals surface area contributed by atoms with Gasteiger partial charge in [0, 0.05) is 12.6 Å². The summed E-state index contributed by atoms with van der Waals surface area (Å²) >= 11 is 0. The molecule has 0 saturated heterocycles. The predicted octanol–water partition coefficient (Wildman–Crippen LogP) is 1.10. The summed E-state index contributed by atoms with van der Waals surface area (Å²) in [7, 11) is 0. The lowest BCUT2D eigenvalue weighted by molar-refractivity contribution is 1.03. The topological polar surface area (TPSA) is 51.8 Å². The maximum atomic E-state index is 5.40. The Bertz CT molecular complexity index is 268. The van der Waals surface area contributed by atoms with Crippen molar-refractivity contribution in [3.05, 3.63) is 30.1 Å². The van der Waals surface area contributed by atoms with Crippen molar-refractivity contribution in [2.75, 3.05) is 5.73 Å². The lowest BCUT2D eigenvalue weighted by Gasteiger charge is -2.00. The third-order valence-corrected chi connectivity index (χ3v) is 1.43. The zero-order chi connectivity index (χ0) is 8.27. The van der Waals surface area contributed by atoms with Gasteiger partial charge in [0.25, 0.3) is 0 Å². The Morgan fingerprint density at radius 1 is 1.73 bits per heavy atom. The second kappa shape index (κ2) is 3.14. The number of aryl methyl sites for hydroxylation is 1. The van der Waals surface area contributed by atoms with E-state index in [-0.39, 0.29) is 0 Å². The maximum absolute atomic E-state index is 5.40. The van der Waals surface area contributed by atoms with Crippen LogP contribution in [0, 0.1) is 6.92 Å². The van der Waals surface area contributed by atoms with Gasteiger partial charge in [-0.3, -0.25) is 0 Å². The Morgan fingerprint density at radius 2 is 2.45 bits per heavy atom. The van der Waals surface area contributed by atoms with Gasteiger partial charge in [0.2, 0.25) is 5.95 Å². The zero-order valence-electron chi connectivity index (χ0n) is 6.54. The van der Waals surface area contributed by atoms with Gasteiger partial charge in [-0.2, -0.15) is 0 Å². The molecule has 0 bridgehead atoms. The van der Waals surface area contributed by atoms with Crippen LogP contribution in [0.1, 0.15) is 11.3 Å². The first kappa shape index (κ1) is 7.72. The minimum atomic E-state index is 0.326. The number of nitrogen functional groups attached to an aromatic ring is 1. The molecule has 11 heavy (non-hydrogen) atoms. The quantitative estimate of drug-likeness (QED) is 0.640. The van der Waals surface area contributed by atoms with Gasteiger partial charge >= 0.3 is 0 Å². The third kappa shape index (κ3) is 1.77. The summed E-state index contributed by atoms with van der Waals surface area (Å²) in [6.07, 6.45) is 4.27. The van der Waals surface area contributed by atoms with Gasteiger partial charge in [0.1, 0.15) is 0 Å². The van der Waals surface area contributed by atoms with E-state index in [4.69, 9.17) is 5.73 Å². The highest BCUT2D eigenvalue weighted by Crippen LogP contribution is 2.05. The van der Waals surface area contributed by atoms with Gasteiger partial charge in [-0.05, 0) is 12.5 Å². The number of nitrogens with two attached hydrogens (primary N) is 1. The zero-order valence-corrected chi connectivity index (χ0v) is 6.54. The van der Waals surface area contributed by atoms with Crippen LogP contribution in [-0.4, -0.2) is 9.97 Å². The molecule has 3 nitrogen and oxygen atoms in total. The normalized spacial score (nSPS) is 9.55. The lowest BCUT2D eigenvalue weighted by Crippen LogP contribution is -2.00. The van der Waals surface area contributed by atoms with E-state index in [2.05, 4.69) is 16.5 Å². The van der Waals surface area contributed by atoms with Crippen molar-refractivity contribution in [3.63, 3.8) is 0 Å². The van der Waals surface area contributed by atoms with Crippen LogP contribution in [0.4, 0.5) is 5.95 Å². The number of allylic oxidation sites excluding steroid dienone is 1. The average molecular weight is 149 g/mol. The number of anilines is 1. The van der Waals surface area contributed by atoms with Gasteiger partial charge in [-0.15, -0.1) is 6.58 Å². The van der Waals surface area contributed by atoms with Gasteiger partial charge in [0.05, 0.1) is 5.69 Å². The Hall–Kier alpha value is -1.38. The smallest absolute Gasteiger partial charge is 0.220 e. The molecule has 0 fully saturated rings. The first-order valence-corrected chi connectivity index (χ1v) is 3.43. The summed E-state index contributed by atoms with van der Waals surface area (Å²) in [4.78, 5) is 7.91. The van der Waals surface area contributed by atoms with Gasteiger partial charge in [-0.25, -0.2) is 9.97 Å². The molecule has 2 N–H and O–H groups in total. The largest absolute Gasteiger partial charge is 0.368 e. The van der Waals surface area contributed by atoms with E-state index in [1.54, 1.807) is 12.3 Å². The maximum Gasteiger partial charge on any atom is 0.220 e. The molecule has 0 aliphatic rings. The van der Waals surface area contributed by atoms with Crippen molar-refractivity contribution in [1.29, 1.82) is 0 Å². The highest BCUT2D eigenvalue weighted by Gasteiger charge is 1.97. The molecule has 0 radical (unpaired) electrons. The molecular weight excluding hydrogens is 138 g/mol. The fourth-order valence-electron chi connectivity index (χ4n) is 0.836. The molecule has 0 atom stereocenters. The number of rotatable bonds is 2. The summed E-state index contributed by atoms with van der Waals surface area (Å²) in [5.74, 6) is 0.326. The van der Waals surface area contributed by atoms with Crippen LogP contribution in [0.3, 0.4) is 0 Å². The second-order valence-corrected chi connectivity index (χ2v) is 2.35. The molecule has 0 aliphatic carbocycles. The fraction of sp³-hybridized carbons (Fsp3) is 0.250. The predicted molar refractivity (Wildman–Crippen MR) is 45.1 cm³/mol. The number of hydrogen-bond acceptors (Lipinski definition) is 3. The summed E-state index contributed by atoms with van der Waals surface area (Å²) in [6.45, 7) is 5.58. The monoisotopic (exact) mass is 149 g/mol. The molecule has 0 saturated carbocycles. The first-order valence-electron chi connectivity index (χ1n) is 3.43. The lowest BCUT2D eigenvalue weighted by atomic mass is 10.2. The molecule has 1 rings (SSSR count). The number of aromatic nitrogens is 2. The molecular formula is C8H11N3. The summed E-state index contributed by atoms with van der Waals surface area (Å²) in [5.41, 5.74) is 7.41. The van der Waals surface area contributed by atoms with Gasteiger partial charge in [-0.1, -0.05) is 6.08 Å². The second-order valence-electron chi connectivity index (χ2n) is 2.35. The molecule has 0 aliphatic heterocycles. The van der Waals surface area contributed by atoms with Crippen molar-refractivity contribution in [1.82, 2.24) is 9.97 Å². The highest BCUT2D eigenvalue weighted by atomic mass is 15.0. The van der Waals surface area contributed by atoms with E-state index in [0.29, 0.717) is 5.95 Å². The van der Waals surface area contributed by atoms with Crippen molar-refractivity contribution >= 4 is 5.95 Å². The Kier molecular flexibility index (Phi) is 2.21. The van der Waals surface area contributed by atoms with Crippen LogP contribution in [-0.2, 0) is 6.42 Å². The van der Waals surface area contributed by atoms with E-state index >= 15 is 0 Å². The van der Waals surface area contributed by atoms with Crippen molar-refractivity contribution in [3.8, 4) is 0 Å². The summed E-state index contributed by atoms with van der Waals surface area (Å²) in [6, 6.07) is 0. The van der Waals surface area contributed by atoms with E-state index in [9.17, 15) is 0 Å². The highest BCUT2D eigenvalue weighted by molar-refractivity contribution is 5.25. The molecule has 0 aromatic carbocycles. The Morgan fingerprint density at radius 3 is 3.09 bits per heavy atom. The minimum Gasteiger partial charge on any atom is -0.368 e. The fourth-order valence-corrected chi connectivity index (χ4v) is 0.836. The van der Waals surface area contributed by atoms with Gasteiger partial charge < -0.3 is 5.73 Å². The Labute approximate surface area is 66.0 Å².